The molecule has 0 bridgehead atoms. The number of carbonyl (C=O) groups excluding carboxylic acids is 1. The quantitative estimate of drug-likeness (QED) is 0.553. The van der Waals surface area contributed by atoms with Crippen molar-refractivity contribution in [1.29, 1.82) is 0 Å². The van der Waals surface area contributed by atoms with E-state index in [1.807, 2.05) is 30.3 Å². The van der Waals surface area contributed by atoms with Gasteiger partial charge in [0.15, 0.2) is 5.43 Å². The Bertz CT molecular complexity index is 1330. The topological polar surface area (TPSA) is 70.8 Å². The number of phenolic OH excluding ortho intramolecular Hbond substituents is 1. The summed E-state index contributed by atoms with van der Waals surface area (Å²) >= 11 is 0. The van der Waals surface area contributed by atoms with Crippen LogP contribution in [-0.4, -0.2) is 15.9 Å². The van der Waals surface area contributed by atoms with Gasteiger partial charge >= 0.3 is 0 Å². The third-order valence-corrected chi connectivity index (χ3v) is 5.33. The zero-order valence-corrected chi connectivity index (χ0v) is 15.7. The van der Waals surface area contributed by atoms with Gasteiger partial charge in [-0.25, -0.2) is 4.39 Å². The van der Waals surface area contributed by atoms with Gasteiger partial charge in [0.05, 0.1) is 17.0 Å². The van der Waals surface area contributed by atoms with Crippen LogP contribution in [0.1, 0.15) is 33.3 Å². The van der Waals surface area contributed by atoms with Crippen LogP contribution in [-0.2, 0) is 6.54 Å². The molecule has 0 radical (unpaired) electrons. The second kappa shape index (κ2) is 6.84. The number of halogens is 1. The molecule has 3 aromatic carbocycles. The van der Waals surface area contributed by atoms with Crippen LogP contribution in [0.4, 0.5) is 4.39 Å². The molecule has 0 saturated heterocycles. The molecular formula is C24H16FNO4. The molecule has 2 heterocycles. The molecule has 1 aromatic heterocycles. The number of carbonyl (C=O) groups is 1. The molecule has 0 fully saturated rings. The molecule has 1 atom stereocenters. The van der Waals surface area contributed by atoms with E-state index in [-0.39, 0.29) is 34.6 Å². The predicted octanol–water partition coefficient (Wildman–Crippen LogP) is 4.38. The van der Waals surface area contributed by atoms with E-state index in [0.717, 1.165) is 11.6 Å². The number of hydrogen-bond donors (Lipinski definition) is 1. The minimum absolute atomic E-state index is 0.0342. The monoisotopic (exact) mass is 401 g/mol. The van der Waals surface area contributed by atoms with Crippen LogP contribution in [0.2, 0.25) is 0 Å². The Hall–Kier alpha value is -3.93. The Morgan fingerprint density at radius 2 is 1.70 bits per heavy atom. The van der Waals surface area contributed by atoms with Crippen molar-refractivity contribution in [3.63, 3.8) is 0 Å². The highest BCUT2D eigenvalue weighted by Crippen LogP contribution is 2.39. The van der Waals surface area contributed by atoms with E-state index in [4.69, 9.17) is 4.42 Å². The minimum atomic E-state index is -0.711. The fourth-order valence-electron chi connectivity index (χ4n) is 3.94. The van der Waals surface area contributed by atoms with E-state index in [0.29, 0.717) is 5.56 Å². The lowest BCUT2D eigenvalue weighted by Gasteiger charge is -2.25. The largest absolute Gasteiger partial charge is 0.508 e. The van der Waals surface area contributed by atoms with Gasteiger partial charge in [0.2, 0.25) is 5.76 Å². The van der Waals surface area contributed by atoms with Crippen molar-refractivity contribution < 1.29 is 18.7 Å². The second-order valence-corrected chi connectivity index (χ2v) is 7.23. The van der Waals surface area contributed by atoms with E-state index in [9.17, 15) is 19.1 Å². The summed E-state index contributed by atoms with van der Waals surface area (Å²) in [5, 5.41) is 9.76. The molecule has 0 spiro atoms. The maximum Gasteiger partial charge on any atom is 0.291 e. The highest BCUT2D eigenvalue weighted by Gasteiger charge is 2.42. The molecule has 6 heteroatoms. The molecule has 1 amide bonds. The first-order chi connectivity index (χ1) is 14.5. The van der Waals surface area contributed by atoms with Crippen LogP contribution >= 0.6 is 0 Å². The van der Waals surface area contributed by atoms with E-state index in [2.05, 4.69) is 0 Å². The number of phenols is 1. The van der Waals surface area contributed by atoms with E-state index in [1.54, 1.807) is 17.0 Å². The summed E-state index contributed by atoms with van der Waals surface area (Å²) in [4.78, 5) is 28.2. The van der Waals surface area contributed by atoms with Gasteiger partial charge in [0, 0.05) is 6.54 Å². The highest BCUT2D eigenvalue weighted by molar-refractivity contribution is 5.99. The van der Waals surface area contributed by atoms with Crippen LogP contribution in [0.3, 0.4) is 0 Å². The van der Waals surface area contributed by atoms with E-state index < -0.39 is 23.2 Å². The molecule has 1 aliphatic heterocycles. The Balaban J connectivity index is 1.74. The van der Waals surface area contributed by atoms with E-state index >= 15 is 0 Å². The molecule has 0 aliphatic carbocycles. The Kier molecular flexibility index (Phi) is 4.13. The molecule has 0 saturated carbocycles. The zero-order chi connectivity index (χ0) is 20.8. The molecular weight excluding hydrogens is 385 g/mol. The van der Waals surface area contributed by atoms with Gasteiger partial charge in [-0.1, -0.05) is 42.5 Å². The van der Waals surface area contributed by atoms with Crippen molar-refractivity contribution in [2.24, 2.45) is 0 Å². The Labute approximate surface area is 170 Å². The van der Waals surface area contributed by atoms with Crippen molar-refractivity contribution in [1.82, 2.24) is 4.90 Å². The molecule has 5 rings (SSSR count). The molecule has 5 nitrogen and oxygen atoms in total. The van der Waals surface area contributed by atoms with Crippen LogP contribution in [0, 0.1) is 5.82 Å². The Morgan fingerprint density at radius 3 is 2.43 bits per heavy atom. The lowest BCUT2D eigenvalue weighted by atomic mass is 9.98. The molecule has 1 unspecified atom stereocenters. The van der Waals surface area contributed by atoms with Crippen LogP contribution in [0.15, 0.2) is 82.0 Å². The average Bonchev–Trinajstić information content (AvgIpc) is 3.02. The van der Waals surface area contributed by atoms with Gasteiger partial charge in [-0.15, -0.1) is 0 Å². The summed E-state index contributed by atoms with van der Waals surface area (Å²) in [7, 11) is 0. The average molecular weight is 401 g/mol. The van der Waals surface area contributed by atoms with Crippen molar-refractivity contribution in [3.8, 4) is 5.75 Å². The molecule has 1 N–H and O–H groups in total. The number of fused-ring (bicyclic) bond motifs is 2. The van der Waals surface area contributed by atoms with Gasteiger partial charge in [0.25, 0.3) is 5.91 Å². The summed E-state index contributed by atoms with van der Waals surface area (Å²) in [6, 6.07) is 18.7. The molecule has 4 aromatic rings. The van der Waals surface area contributed by atoms with Crippen LogP contribution < -0.4 is 5.43 Å². The first kappa shape index (κ1) is 18.1. The lowest BCUT2D eigenvalue weighted by molar-refractivity contribution is 0.0714. The summed E-state index contributed by atoms with van der Waals surface area (Å²) in [5.74, 6) is -0.921. The summed E-state index contributed by atoms with van der Waals surface area (Å²) < 4.78 is 19.6. The summed E-state index contributed by atoms with van der Waals surface area (Å²) in [6.45, 7) is 0.263. The van der Waals surface area contributed by atoms with E-state index in [1.165, 1.54) is 24.3 Å². The normalized spacial score (nSPS) is 15.6. The van der Waals surface area contributed by atoms with Gasteiger partial charge in [-0.2, -0.15) is 0 Å². The van der Waals surface area contributed by atoms with Gasteiger partial charge < -0.3 is 14.4 Å². The smallest absolute Gasteiger partial charge is 0.291 e. The second-order valence-electron chi connectivity index (χ2n) is 7.23. The van der Waals surface area contributed by atoms with Gasteiger partial charge in [-0.05, 0) is 41.5 Å². The predicted molar refractivity (Wildman–Crippen MR) is 109 cm³/mol. The van der Waals surface area contributed by atoms with Crippen LogP contribution in [0.25, 0.3) is 11.0 Å². The fourth-order valence-corrected chi connectivity index (χ4v) is 3.94. The Morgan fingerprint density at radius 1 is 0.967 bits per heavy atom. The highest BCUT2D eigenvalue weighted by atomic mass is 19.1. The summed E-state index contributed by atoms with van der Waals surface area (Å²) in [6.07, 6.45) is 0. The number of aromatic hydroxyl groups is 1. The molecule has 148 valence electrons. The molecule has 30 heavy (non-hydrogen) atoms. The maximum absolute atomic E-state index is 13.8. The van der Waals surface area contributed by atoms with Crippen LogP contribution in [0.5, 0.6) is 5.75 Å². The first-order valence-electron chi connectivity index (χ1n) is 9.43. The SMILES string of the molecule is O=C1c2oc3ccc(F)cc3c(=O)c2C(c2ccc(O)cc2)N1Cc1ccccc1. The van der Waals surface area contributed by atoms with Crippen molar-refractivity contribution in [2.45, 2.75) is 12.6 Å². The van der Waals surface area contributed by atoms with Crippen molar-refractivity contribution >= 4 is 16.9 Å². The van der Waals surface area contributed by atoms with Gasteiger partial charge in [0.1, 0.15) is 17.1 Å². The standard InChI is InChI=1S/C24H16FNO4/c25-16-8-11-19-18(12-16)22(28)20-21(15-6-9-17(27)10-7-15)26(24(29)23(20)30-19)13-14-4-2-1-3-5-14/h1-12,21,27H,13H2. The van der Waals surface area contributed by atoms with Crippen molar-refractivity contribution in [2.75, 3.05) is 0 Å². The number of amides is 1. The number of hydrogen-bond acceptors (Lipinski definition) is 4. The minimum Gasteiger partial charge on any atom is -0.508 e. The number of nitrogens with zero attached hydrogens (tertiary/aromatic N) is 1. The summed E-state index contributed by atoms with van der Waals surface area (Å²) in [5.41, 5.74) is 1.45. The fraction of sp³-hybridized carbons (Fsp3) is 0.0833. The lowest BCUT2D eigenvalue weighted by Crippen LogP contribution is -2.29. The van der Waals surface area contributed by atoms with Gasteiger partial charge in [-0.3, -0.25) is 9.59 Å². The molecule has 1 aliphatic rings. The number of rotatable bonds is 3. The van der Waals surface area contributed by atoms with Crippen molar-refractivity contribution in [3.05, 3.63) is 111 Å². The maximum atomic E-state index is 13.8. The zero-order valence-electron chi connectivity index (χ0n) is 15.7. The third kappa shape index (κ3) is 2.85. The number of benzene rings is 3. The third-order valence-electron chi connectivity index (χ3n) is 5.33. The first-order valence-corrected chi connectivity index (χ1v) is 9.43.